The number of carbonyl (C=O) groups excluding carboxylic acids is 2. The standard InChI is InChI=1S/C13H17ClF3NS.C6H9N5.C2H2O2/c1-8(12(19-4)18(2)3)10-6-5-9(7-11(10)14)13(15,16)17;7-1-3-5(9)4(8)2-11-6(3)10;3-1-2-4/h5-8,12H,1-4H3;1-2,7H,8H2,(H4,9,10,11);1-2H/t8-,12?;;/m0../s1. The first-order chi connectivity index (χ1) is 15.8. The number of hydrogen-bond acceptors (Lipinski definition) is 9. The van der Waals surface area contributed by atoms with Gasteiger partial charge < -0.3 is 22.6 Å². The summed E-state index contributed by atoms with van der Waals surface area (Å²) in [5, 5.41) is 7.27. The highest BCUT2D eigenvalue weighted by atomic mass is 35.5. The molecule has 0 aliphatic rings. The Balaban J connectivity index is 0.000000609. The number of pyridine rings is 1. The molecule has 0 fully saturated rings. The monoisotopic (exact) mass is 520 g/mol. The van der Waals surface area contributed by atoms with Crippen LogP contribution in [-0.2, 0) is 15.8 Å². The van der Waals surface area contributed by atoms with Gasteiger partial charge in [-0.15, -0.1) is 11.8 Å². The number of likely N-dealkylation sites (N-methyl/N-ethyl adjacent to an activating group) is 1. The highest BCUT2D eigenvalue weighted by Gasteiger charge is 2.32. The molecule has 2 rings (SSSR count). The maximum atomic E-state index is 12.6. The van der Waals surface area contributed by atoms with Gasteiger partial charge in [-0.05, 0) is 38.0 Å². The van der Waals surface area contributed by atoms with E-state index >= 15 is 0 Å². The van der Waals surface area contributed by atoms with E-state index in [1.165, 1.54) is 12.3 Å². The molecule has 1 heterocycles. The van der Waals surface area contributed by atoms with Crippen molar-refractivity contribution in [1.29, 1.82) is 5.41 Å². The van der Waals surface area contributed by atoms with Crippen molar-refractivity contribution < 1.29 is 22.8 Å². The van der Waals surface area contributed by atoms with Gasteiger partial charge in [0.05, 0.1) is 34.1 Å². The number of carbonyl (C=O) groups is 2. The molecule has 1 aromatic heterocycles. The normalized spacial score (nSPS) is 12.4. The highest BCUT2D eigenvalue weighted by Crippen LogP contribution is 2.37. The van der Waals surface area contributed by atoms with E-state index in [4.69, 9.17) is 43.8 Å². The van der Waals surface area contributed by atoms with Crippen molar-refractivity contribution in [2.75, 3.05) is 37.6 Å². The van der Waals surface area contributed by atoms with Crippen molar-refractivity contribution in [2.45, 2.75) is 24.4 Å². The second kappa shape index (κ2) is 14.4. The number of hydrogen-bond donors (Lipinski definition) is 4. The second-order valence-corrected chi connectivity index (χ2v) is 8.32. The van der Waals surface area contributed by atoms with Crippen molar-refractivity contribution in [3.05, 3.63) is 46.1 Å². The summed E-state index contributed by atoms with van der Waals surface area (Å²) in [5.74, 6) is 0.270. The molecule has 0 radical (unpaired) electrons. The van der Waals surface area contributed by atoms with Crippen molar-refractivity contribution in [3.8, 4) is 0 Å². The van der Waals surface area contributed by atoms with Crippen molar-refractivity contribution in [2.24, 2.45) is 0 Å². The van der Waals surface area contributed by atoms with E-state index in [-0.39, 0.29) is 34.7 Å². The summed E-state index contributed by atoms with van der Waals surface area (Å²) >= 11 is 7.65. The third-order valence-electron chi connectivity index (χ3n) is 4.42. The number of nitrogens with two attached hydrogens (primary N) is 3. The Morgan fingerprint density at radius 2 is 1.74 bits per heavy atom. The fourth-order valence-electron chi connectivity index (χ4n) is 2.81. The van der Waals surface area contributed by atoms with Gasteiger partial charge in [-0.1, -0.05) is 24.6 Å². The first-order valence-electron chi connectivity index (χ1n) is 9.51. The van der Waals surface area contributed by atoms with Gasteiger partial charge in [-0.3, -0.25) is 14.5 Å². The summed E-state index contributed by atoms with van der Waals surface area (Å²) in [7, 11) is 3.88. The summed E-state index contributed by atoms with van der Waals surface area (Å²) in [5.41, 5.74) is 17.4. The molecule has 0 bridgehead atoms. The third kappa shape index (κ3) is 9.20. The predicted octanol–water partition coefficient (Wildman–Crippen LogP) is 3.92. The van der Waals surface area contributed by atoms with Crippen LogP contribution in [0.3, 0.4) is 0 Å². The fourth-order valence-corrected chi connectivity index (χ4v) is 4.14. The number of thioether (sulfide) groups is 1. The van der Waals surface area contributed by atoms with E-state index in [0.717, 1.165) is 23.9 Å². The minimum absolute atomic E-state index is 0.0415. The van der Waals surface area contributed by atoms with Crippen LogP contribution in [0.15, 0.2) is 24.4 Å². The van der Waals surface area contributed by atoms with E-state index in [2.05, 4.69) is 4.98 Å². The third-order valence-corrected chi connectivity index (χ3v) is 6.06. The van der Waals surface area contributed by atoms with E-state index in [1.54, 1.807) is 11.8 Å². The molecule has 0 aliphatic heterocycles. The number of anilines is 3. The number of aldehydes is 2. The number of rotatable bonds is 6. The average molecular weight is 521 g/mol. The number of aromatic nitrogens is 1. The zero-order chi connectivity index (χ0) is 26.6. The lowest BCUT2D eigenvalue weighted by atomic mass is 9.98. The van der Waals surface area contributed by atoms with E-state index in [0.29, 0.717) is 16.9 Å². The maximum Gasteiger partial charge on any atom is 0.416 e. The van der Waals surface area contributed by atoms with E-state index < -0.39 is 11.7 Å². The van der Waals surface area contributed by atoms with Crippen LogP contribution in [0.1, 0.15) is 29.5 Å². The van der Waals surface area contributed by atoms with Crippen LogP contribution >= 0.6 is 23.4 Å². The molecular weight excluding hydrogens is 493 g/mol. The van der Waals surface area contributed by atoms with Crippen LogP contribution in [0.5, 0.6) is 0 Å². The molecule has 8 nitrogen and oxygen atoms in total. The van der Waals surface area contributed by atoms with Gasteiger partial charge in [0.15, 0.2) is 12.6 Å². The molecule has 34 heavy (non-hydrogen) atoms. The van der Waals surface area contributed by atoms with Crippen LogP contribution in [0.2, 0.25) is 5.02 Å². The predicted molar refractivity (Wildman–Crippen MR) is 133 cm³/mol. The molecule has 0 amide bonds. The van der Waals surface area contributed by atoms with Gasteiger partial charge >= 0.3 is 6.18 Å². The Bertz CT molecular complexity index is 970. The van der Waals surface area contributed by atoms with E-state index in [9.17, 15) is 13.2 Å². The average Bonchev–Trinajstić information content (AvgIpc) is 2.77. The molecule has 188 valence electrons. The van der Waals surface area contributed by atoms with Crippen LogP contribution in [-0.4, -0.2) is 54.4 Å². The lowest BCUT2D eigenvalue weighted by molar-refractivity contribution is -0.137. The molecule has 0 saturated carbocycles. The van der Waals surface area contributed by atoms with Crippen LogP contribution < -0.4 is 17.2 Å². The number of nitrogens with zero attached hydrogens (tertiary/aromatic N) is 2. The van der Waals surface area contributed by atoms with Gasteiger partial charge in [0.1, 0.15) is 5.82 Å². The molecule has 0 aliphatic carbocycles. The number of halogens is 4. The quantitative estimate of drug-likeness (QED) is 0.193. The van der Waals surface area contributed by atoms with Crippen LogP contribution in [0.25, 0.3) is 0 Å². The number of alkyl halides is 3. The number of benzene rings is 1. The minimum Gasteiger partial charge on any atom is -0.396 e. The topological polar surface area (TPSA) is 152 Å². The Kier molecular flexibility index (Phi) is 13.2. The largest absolute Gasteiger partial charge is 0.416 e. The van der Waals surface area contributed by atoms with Gasteiger partial charge in [0.2, 0.25) is 0 Å². The van der Waals surface area contributed by atoms with E-state index in [1.807, 2.05) is 32.2 Å². The molecule has 2 aromatic rings. The Hall–Kier alpha value is -2.83. The molecule has 7 N–H and O–H groups in total. The summed E-state index contributed by atoms with van der Waals surface area (Å²) < 4.78 is 37.7. The van der Waals surface area contributed by atoms with Crippen molar-refractivity contribution >= 4 is 59.3 Å². The zero-order valence-corrected chi connectivity index (χ0v) is 20.6. The first-order valence-corrected chi connectivity index (χ1v) is 11.2. The molecular formula is C21H28ClF3N6O2S. The fraction of sp³-hybridized carbons (Fsp3) is 0.333. The molecule has 0 spiro atoms. The lowest BCUT2D eigenvalue weighted by Gasteiger charge is -2.29. The summed E-state index contributed by atoms with van der Waals surface area (Å²) in [6, 6.07) is 3.56. The lowest BCUT2D eigenvalue weighted by Crippen LogP contribution is -2.29. The molecule has 13 heteroatoms. The minimum atomic E-state index is -4.36. The Labute approximate surface area is 205 Å². The molecule has 0 saturated heterocycles. The molecule has 1 aromatic carbocycles. The maximum absolute atomic E-state index is 12.6. The zero-order valence-electron chi connectivity index (χ0n) is 19.1. The smallest absolute Gasteiger partial charge is 0.396 e. The van der Waals surface area contributed by atoms with Gasteiger partial charge in [-0.25, -0.2) is 4.98 Å². The van der Waals surface area contributed by atoms with Gasteiger partial charge in [0, 0.05) is 17.2 Å². The summed E-state index contributed by atoms with van der Waals surface area (Å²) in [6.07, 6.45) is 0.413. The SMILES string of the molecule is CSC([C@@H](C)c1ccc(C(F)(F)F)cc1Cl)N(C)C.N=Cc1c(N)ncc(N)c1N.O=CC=O. The Morgan fingerprint density at radius 1 is 1.18 bits per heavy atom. The van der Waals surface area contributed by atoms with Gasteiger partial charge in [0.25, 0.3) is 0 Å². The van der Waals surface area contributed by atoms with Crippen molar-refractivity contribution in [1.82, 2.24) is 9.88 Å². The van der Waals surface area contributed by atoms with Crippen molar-refractivity contribution in [3.63, 3.8) is 0 Å². The summed E-state index contributed by atoms with van der Waals surface area (Å²) in [4.78, 5) is 23.4. The Morgan fingerprint density at radius 3 is 2.09 bits per heavy atom. The second-order valence-electron chi connectivity index (χ2n) is 6.96. The van der Waals surface area contributed by atoms with Gasteiger partial charge in [-0.2, -0.15) is 13.2 Å². The van der Waals surface area contributed by atoms with Crippen LogP contribution in [0, 0.1) is 5.41 Å². The number of nitrogen functional groups attached to an aromatic ring is 3. The van der Waals surface area contributed by atoms with Crippen LogP contribution in [0.4, 0.5) is 30.4 Å². The summed E-state index contributed by atoms with van der Waals surface area (Å²) in [6.45, 7) is 1.97. The first kappa shape index (κ1) is 31.2. The number of nitrogens with one attached hydrogen (secondary N) is 1. The molecule has 2 atom stereocenters. The highest BCUT2D eigenvalue weighted by molar-refractivity contribution is 7.99. The molecule has 1 unspecified atom stereocenters.